The number of fused-ring (bicyclic) bond motifs is 3. The smallest absolute Gasteiger partial charge is 0.408 e. The van der Waals surface area contributed by atoms with Crippen molar-refractivity contribution in [2.24, 2.45) is 5.92 Å². The number of sulfonamides is 1. The van der Waals surface area contributed by atoms with E-state index in [1.54, 1.807) is 46.1 Å². The van der Waals surface area contributed by atoms with Crippen LogP contribution in [0.15, 0.2) is 53.3 Å². The van der Waals surface area contributed by atoms with Gasteiger partial charge in [0, 0.05) is 17.7 Å². The van der Waals surface area contributed by atoms with Gasteiger partial charge in [0.15, 0.2) is 0 Å². The fourth-order valence-electron chi connectivity index (χ4n) is 7.34. The average Bonchev–Trinajstić information content (AvgIpc) is 4.00. The van der Waals surface area contributed by atoms with Crippen LogP contribution in [0.5, 0.6) is 11.6 Å². The monoisotopic (exact) mass is 792 g/mol. The summed E-state index contributed by atoms with van der Waals surface area (Å²) in [6.07, 6.45) is 9.38. The van der Waals surface area contributed by atoms with Gasteiger partial charge in [0.1, 0.15) is 47.0 Å². The Bertz CT molecular complexity index is 2130. The van der Waals surface area contributed by atoms with E-state index in [1.807, 2.05) is 18.2 Å². The third kappa shape index (κ3) is 8.61. The van der Waals surface area contributed by atoms with Crippen molar-refractivity contribution in [1.82, 2.24) is 30.2 Å². The van der Waals surface area contributed by atoms with Crippen LogP contribution in [-0.2, 0) is 29.1 Å². The number of ether oxygens (including phenoxy) is 3. The van der Waals surface area contributed by atoms with Gasteiger partial charge in [-0.05, 0) is 88.9 Å². The second kappa shape index (κ2) is 15.4. The van der Waals surface area contributed by atoms with Gasteiger partial charge in [0.25, 0.3) is 5.91 Å². The number of carbonyl (C=O) groups excluding carboxylic acids is 4. The maximum absolute atomic E-state index is 14.6. The van der Waals surface area contributed by atoms with Crippen molar-refractivity contribution in [2.75, 3.05) is 13.7 Å². The van der Waals surface area contributed by atoms with Crippen molar-refractivity contribution in [2.45, 2.75) is 113 Å². The number of alkyl carbamates (subject to hydrolysis) is 1. The minimum Gasteiger partial charge on any atom is -0.497 e. The van der Waals surface area contributed by atoms with Gasteiger partial charge in [0.2, 0.25) is 33.6 Å². The third-order valence-corrected chi connectivity index (χ3v) is 12.3. The van der Waals surface area contributed by atoms with Gasteiger partial charge >= 0.3 is 6.09 Å². The lowest BCUT2D eigenvalue weighted by atomic mass is 10.0. The van der Waals surface area contributed by atoms with Crippen molar-refractivity contribution in [3.63, 3.8) is 0 Å². The molecule has 2 aromatic heterocycles. The second-order valence-corrected chi connectivity index (χ2v) is 17.9. The molecule has 0 radical (unpaired) electrons. The molecule has 4 heterocycles. The van der Waals surface area contributed by atoms with Crippen LogP contribution in [0.3, 0.4) is 0 Å². The van der Waals surface area contributed by atoms with Crippen molar-refractivity contribution < 1.29 is 46.2 Å². The summed E-state index contributed by atoms with van der Waals surface area (Å²) in [6, 6.07) is 4.96. The molecule has 3 N–H and O–H groups in total. The first-order valence-corrected chi connectivity index (χ1v) is 20.6. The Kier molecular flexibility index (Phi) is 10.7. The van der Waals surface area contributed by atoms with E-state index in [2.05, 4.69) is 20.3 Å². The topological polar surface area (TPSA) is 208 Å². The lowest BCUT2D eigenvalue weighted by Gasteiger charge is -2.30. The quantitative estimate of drug-likeness (QED) is 0.275. The standard InChI is InChI=1S/C39H48N6O10S/c1-38(2,3)55-37(49)42-29-11-9-7-5-6-8-10-24-21-39(24,36(48)44-56(50,51)27-13-14-27)43-32(46)31-20-26(22-45(31)35(29)47)54-33-28-15-12-25(52-4)18-23(28)19-30(41-33)34-40-16-17-53-34/h8,10,12,15-19,24,26-27,29,31H,5-7,9,11,13-14,20-22H2,1-4H3,(H,42,49)(H,43,46)(H,44,48)/b10-8-/t24-,26?,29+,31+,39-/m1/s1. The minimum absolute atomic E-state index is 0.00212. The van der Waals surface area contributed by atoms with Crippen LogP contribution >= 0.6 is 0 Å². The van der Waals surface area contributed by atoms with E-state index in [4.69, 9.17) is 23.6 Å². The van der Waals surface area contributed by atoms with Gasteiger partial charge < -0.3 is 34.2 Å². The number of allylic oxidation sites excluding steroid dienone is 1. The number of hydrogen-bond acceptors (Lipinski definition) is 12. The van der Waals surface area contributed by atoms with Crippen LogP contribution in [0, 0.1) is 5.92 Å². The largest absolute Gasteiger partial charge is 0.497 e. The van der Waals surface area contributed by atoms with Crippen LogP contribution in [0.4, 0.5) is 4.79 Å². The first-order chi connectivity index (χ1) is 26.7. The molecule has 2 aliphatic carbocycles. The minimum atomic E-state index is -3.91. The van der Waals surface area contributed by atoms with Crippen LogP contribution < -0.4 is 24.8 Å². The number of nitrogens with one attached hydrogen (secondary N) is 3. The fourth-order valence-corrected chi connectivity index (χ4v) is 8.70. The number of nitrogens with zero attached hydrogens (tertiary/aromatic N) is 3. The molecule has 0 spiro atoms. The highest BCUT2D eigenvalue weighted by atomic mass is 32.2. The molecule has 17 heteroatoms. The zero-order chi connectivity index (χ0) is 39.8. The Morgan fingerprint density at radius 1 is 1.09 bits per heavy atom. The molecule has 1 saturated heterocycles. The summed E-state index contributed by atoms with van der Waals surface area (Å²) in [4.78, 5) is 66.2. The van der Waals surface area contributed by atoms with E-state index >= 15 is 0 Å². The molecule has 4 aliphatic rings. The predicted octanol–water partition coefficient (Wildman–Crippen LogP) is 4.14. The summed E-state index contributed by atoms with van der Waals surface area (Å²) >= 11 is 0. The molecule has 300 valence electrons. The van der Waals surface area contributed by atoms with Crippen LogP contribution in [0.25, 0.3) is 22.4 Å². The molecule has 2 aliphatic heterocycles. The third-order valence-electron chi connectivity index (χ3n) is 10.5. The highest BCUT2D eigenvalue weighted by Crippen LogP contribution is 2.46. The van der Waals surface area contributed by atoms with E-state index in [-0.39, 0.29) is 31.2 Å². The Morgan fingerprint density at radius 2 is 1.89 bits per heavy atom. The predicted molar refractivity (Wildman–Crippen MR) is 203 cm³/mol. The van der Waals surface area contributed by atoms with Gasteiger partial charge in [-0.1, -0.05) is 25.0 Å². The van der Waals surface area contributed by atoms with E-state index in [0.717, 1.165) is 12.8 Å². The molecule has 16 nitrogen and oxygen atoms in total. The molecule has 3 fully saturated rings. The van der Waals surface area contributed by atoms with Crippen LogP contribution in [-0.4, -0.2) is 95.3 Å². The lowest BCUT2D eigenvalue weighted by Crippen LogP contribution is -2.58. The van der Waals surface area contributed by atoms with Crippen LogP contribution in [0.1, 0.15) is 78.6 Å². The molecule has 4 amide bonds. The van der Waals surface area contributed by atoms with E-state index < -0.39 is 74.3 Å². The van der Waals surface area contributed by atoms with Crippen molar-refractivity contribution >= 4 is 44.6 Å². The molecular weight excluding hydrogens is 745 g/mol. The zero-order valence-electron chi connectivity index (χ0n) is 31.9. The maximum Gasteiger partial charge on any atom is 0.408 e. The fraction of sp³-hybridized carbons (Fsp3) is 0.538. The molecule has 2 saturated carbocycles. The van der Waals surface area contributed by atoms with Gasteiger partial charge in [-0.25, -0.2) is 23.2 Å². The molecule has 5 atom stereocenters. The number of rotatable bonds is 8. The van der Waals surface area contributed by atoms with Crippen molar-refractivity contribution in [3.8, 4) is 23.2 Å². The Labute approximate surface area is 325 Å². The Morgan fingerprint density at radius 3 is 2.61 bits per heavy atom. The van der Waals surface area contributed by atoms with Gasteiger partial charge in [-0.3, -0.25) is 19.1 Å². The number of oxazole rings is 1. The second-order valence-electron chi connectivity index (χ2n) is 15.9. The number of pyridine rings is 1. The molecule has 1 unspecified atom stereocenters. The number of amides is 4. The maximum atomic E-state index is 14.6. The number of carbonyl (C=O) groups is 4. The number of hydrogen-bond donors (Lipinski definition) is 3. The Hall–Kier alpha value is -5.19. The highest BCUT2D eigenvalue weighted by Gasteiger charge is 2.62. The molecule has 7 rings (SSSR count). The van der Waals surface area contributed by atoms with Gasteiger partial charge in [-0.15, -0.1) is 0 Å². The molecule has 1 aromatic carbocycles. The van der Waals surface area contributed by atoms with Crippen LogP contribution in [0.2, 0.25) is 0 Å². The normalized spacial score (nSPS) is 26.5. The van der Waals surface area contributed by atoms with Gasteiger partial charge in [0.05, 0.1) is 25.1 Å². The first-order valence-electron chi connectivity index (χ1n) is 19.1. The highest BCUT2D eigenvalue weighted by molar-refractivity contribution is 7.91. The summed E-state index contributed by atoms with van der Waals surface area (Å²) in [5, 5.41) is 6.32. The summed E-state index contributed by atoms with van der Waals surface area (Å²) in [5.41, 5.74) is -1.97. The molecule has 3 aromatic rings. The summed E-state index contributed by atoms with van der Waals surface area (Å²) in [5.74, 6) is -1.37. The van der Waals surface area contributed by atoms with Crippen molar-refractivity contribution in [1.29, 1.82) is 0 Å². The summed E-state index contributed by atoms with van der Waals surface area (Å²) in [7, 11) is -2.36. The first kappa shape index (κ1) is 39.1. The van der Waals surface area contributed by atoms with Gasteiger partial charge in [-0.2, -0.15) is 0 Å². The van der Waals surface area contributed by atoms with E-state index in [9.17, 15) is 27.6 Å². The summed E-state index contributed by atoms with van der Waals surface area (Å²) < 4.78 is 51.0. The lowest BCUT2D eigenvalue weighted by molar-refractivity contribution is -0.141. The number of benzene rings is 1. The number of aromatic nitrogens is 2. The average molecular weight is 793 g/mol. The molecule has 56 heavy (non-hydrogen) atoms. The Balaban J connectivity index is 1.22. The molecular formula is C39H48N6O10S. The molecule has 0 bridgehead atoms. The number of methoxy groups -OCH3 is 1. The van der Waals surface area contributed by atoms with E-state index in [1.165, 1.54) is 17.4 Å². The zero-order valence-corrected chi connectivity index (χ0v) is 32.7. The SMILES string of the molecule is COc1ccc2c(OC3C[C@H]4C(=O)N[C@]5(C(=O)NS(=O)(=O)C6CC6)C[C@H]5/C=C\CCCCC[C@H](NC(=O)OC(C)(C)C)C(=O)N4C3)nc(-c3ncco3)cc2c1. The van der Waals surface area contributed by atoms with E-state index in [0.29, 0.717) is 54.3 Å². The van der Waals surface area contributed by atoms with Crippen molar-refractivity contribution in [3.05, 3.63) is 48.9 Å². The summed E-state index contributed by atoms with van der Waals surface area (Å²) in [6.45, 7) is 5.10.